The maximum absolute atomic E-state index is 9.54. The Morgan fingerprint density at radius 2 is 0.407 bits per heavy atom. The van der Waals surface area contributed by atoms with Crippen molar-refractivity contribution in [1.82, 2.24) is 0 Å². The molecular formula is C55H40N4. The molecule has 0 aliphatic carbocycles. The zero-order valence-electron chi connectivity index (χ0n) is 32.4. The van der Waals surface area contributed by atoms with Crippen molar-refractivity contribution in [3.63, 3.8) is 0 Å². The van der Waals surface area contributed by atoms with Gasteiger partial charge >= 0.3 is 0 Å². The van der Waals surface area contributed by atoms with E-state index in [1.165, 1.54) is 0 Å². The number of nitriles is 1. The SMILES string of the molecule is N#Cc1ccc(N(c2ccc(-c3ccc(N(c4ccccc4)c4ccccc4)cc3)cc2)c2ccc(-c3ccc(N(c4ccccc4)c4ccccc4)cc3)cc2)cc1. The van der Waals surface area contributed by atoms with Gasteiger partial charge in [-0.15, -0.1) is 0 Å². The summed E-state index contributed by atoms with van der Waals surface area (Å²) >= 11 is 0. The van der Waals surface area contributed by atoms with Gasteiger partial charge in [-0.1, -0.05) is 121 Å². The van der Waals surface area contributed by atoms with Gasteiger partial charge in [0, 0.05) is 51.2 Å². The van der Waals surface area contributed by atoms with Crippen LogP contribution in [0.1, 0.15) is 5.56 Å². The molecule has 0 saturated carbocycles. The quantitative estimate of drug-likeness (QED) is 0.132. The van der Waals surface area contributed by atoms with E-state index in [4.69, 9.17) is 0 Å². The second-order valence-corrected chi connectivity index (χ2v) is 14.2. The third kappa shape index (κ3) is 7.95. The number of nitrogens with zero attached hydrogens (tertiary/aromatic N) is 4. The van der Waals surface area contributed by atoms with Gasteiger partial charge in [-0.25, -0.2) is 0 Å². The standard InChI is InChI=1S/C55H40N4/c56-41-42-21-31-51(32-22-42)59(54-37-27-45(28-38-54)43-23-33-52(34-24-43)57(47-13-5-1-6-14-47)48-15-7-2-8-16-48)55-39-29-46(30-40-55)44-25-35-53(36-26-44)58(49-17-9-3-10-18-49)50-19-11-4-12-20-50/h1-40H. The van der Waals surface area contributed by atoms with E-state index < -0.39 is 0 Å². The summed E-state index contributed by atoms with van der Waals surface area (Å²) in [6, 6.07) is 86.7. The molecule has 9 aromatic carbocycles. The first-order valence-corrected chi connectivity index (χ1v) is 19.7. The number of rotatable bonds is 11. The highest BCUT2D eigenvalue weighted by Gasteiger charge is 2.16. The summed E-state index contributed by atoms with van der Waals surface area (Å²) in [5, 5.41) is 9.54. The lowest BCUT2D eigenvalue weighted by Gasteiger charge is -2.26. The van der Waals surface area contributed by atoms with Crippen molar-refractivity contribution < 1.29 is 0 Å². The summed E-state index contributed by atoms with van der Waals surface area (Å²) in [6.45, 7) is 0. The normalized spacial score (nSPS) is 10.7. The van der Waals surface area contributed by atoms with Gasteiger partial charge < -0.3 is 14.7 Å². The highest BCUT2D eigenvalue weighted by molar-refractivity contribution is 5.83. The third-order valence-corrected chi connectivity index (χ3v) is 10.5. The summed E-state index contributed by atoms with van der Waals surface area (Å²) in [5.41, 5.74) is 14.8. The van der Waals surface area contributed by atoms with E-state index in [2.05, 4.69) is 215 Å². The van der Waals surface area contributed by atoms with Crippen LogP contribution < -0.4 is 14.7 Å². The van der Waals surface area contributed by atoms with Gasteiger partial charge in [0.1, 0.15) is 0 Å². The summed E-state index contributed by atoms with van der Waals surface area (Å²) < 4.78 is 0. The van der Waals surface area contributed by atoms with Crippen molar-refractivity contribution in [2.75, 3.05) is 14.7 Å². The Kier molecular flexibility index (Phi) is 10.5. The molecule has 0 heterocycles. The van der Waals surface area contributed by atoms with Crippen LogP contribution in [0, 0.1) is 11.3 Å². The molecule has 0 spiro atoms. The Morgan fingerprint density at radius 1 is 0.220 bits per heavy atom. The molecule has 0 saturated heterocycles. The first kappa shape index (κ1) is 36.5. The van der Waals surface area contributed by atoms with Crippen LogP contribution in [0.4, 0.5) is 51.2 Å². The fraction of sp³-hybridized carbons (Fsp3) is 0. The van der Waals surface area contributed by atoms with Crippen LogP contribution in [-0.4, -0.2) is 0 Å². The number of hydrogen-bond acceptors (Lipinski definition) is 4. The maximum Gasteiger partial charge on any atom is 0.0991 e. The summed E-state index contributed by atoms with van der Waals surface area (Å²) in [7, 11) is 0. The molecule has 0 aromatic heterocycles. The van der Waals surface area contributed by atoms with E-state index in [0.29, 0.717) is 5.56 Å². The average Bonchev–Trinajstić information content (AvgIpc) is 3.32. The van der Waals surface area contributed by atoms with Crippen molar-refractivity contribution >= 4 is 51.2 Å². The molecule has 4 nitrogen and oxygen atoms in total. The van der Waals surface area contributed by atoms with Crippen LogP contribution >= 0.6 is 0 Å². The number of hydrogen-bond donors (Lipinski definition) is 0. The van der Waals surface area contributed by atoms with Gasteiger partial charge in [0.15, 0.2) is 0 Å². The topological polar surface area (TPSA) is 33.5 Å². The Morgan fingerprint density at radius 3 is 0.610 bits per heavy atom. The molecule has 0 N–H and O–H groups in total. The van der Waals surface area contributed by atoms with Crippen molar-refractivity contribution in [2.45, 2.75) is 0 Å². The molecule has 0 unspecified atom stereocenters. The molecule has 0 fully saturated rings. The van der Waals surface area contributed by atoms with Gasteiger partial charge in [0.2, 0.25) is 0 Å². The van der Waals surface area contributed by atoms with Crippen LogP contribution in [0.15, 0.2) is 243 Å². The number of para-hydroxylation sites is 4. The summed E-state index contributed by atoms with van der Waals surface area (Å²) in [4.78, 5) is 6.78. The molecule has 0 amide bonds. The lowest BCUT2D eigenvalue weighted by Crippen LogP contribution is -2.10. The Balaban J connectivity index is 0.989. The minimum atomic E-state index is 0.627. The first-order valence-electron chi connectivity index (χ1n) is 19.7. The van der Waals surface area contributed by atoms with E-state index in [-0.39, 0.29) is 0 Å². The molecule has 0 aliphatic rings. The van der Waals surface area contributed by atoms with Crippen LogP contribution in [-0.2, 0) is 0 Å². The van der Waals surface area contributed by atoms with Crippen molar-refractivity contribution in [1.29, 1.82) is 5.26 Å². The monoisotopic (exact) mass is 756 g/mol. The predicted molar refractivity (Wildman–Crippen MR) is 246 cm³/mol. The molecule has 0 aliphatic heterocycles. The minimum Gasteiger partial charge on any atom is -0.311 e. The molecule has 9 aromatic rings. The summed E-state index contributed by atoms with van der Waals surface area (Å²) in [5.74, 6) is 0. The largest absolute Gasteiger partial charge is 0.311 e. The van der Waals surface area contributed by atoms with E-state index in [0.717, 1.165) is 73.4 Å². The number of anilines is 9. The highest BCUT2D eigenvalue weighted by Crippen LogP contribution is 2.40. The molecule has 280 valence electrons. The molecule has 0 atom stereocenters. The van der Waals surface area contributed by atoms with Crippen LogP contribution in [0.5, 0.6) is 0 Å². The van der Waals surface area contributed by atoms with E-state index in [1.54, 1.807) is 0 Å². The van der Waals surface area contributed by atoms with E-state index in [9.17, 15) is 5.26 Å². The zero-order chi connectivity index (χ0) is 39.8. The fourth-order valence-electron chi connectivity index (χ4n) is 7.55. The van der Waals surface area contributed by atoms with Crippen LogP contribution in [0.2, 0.25) is 0 Å². The lowest BCUT2D eigenvalue weighted by molar-refractivity contribution is 1.28. The second kappa shape index (κ2) is 16.9. The Bertz CT molecular complexity index is 2520. The molecule has 4 heteroatoms. The van der Waals surface area contributed by atoms with Crippen molar-refractivity contribution in [2.24, 2.45) is 0 Å². The summed E-state index contributed by atoms with van der Waals surface area (Å²) in [6.07, 6.45) is 0. The van der Waals surface area contributed by atoms with Crippen molar-refractivity contribution in [3.05, 3.63) is 248 Å². The maximum atomic E-state index is 9.54. The van der Waals surface area contributed by atoms with Gasteiger partial charge in [-0.05, 0) is 144 Å². The molecule has 59 heavy (non-hydrogen) atoms. The molecule has 9 rings (SSSR count). The van der Waals surface area contributed by atoms with E-state index >= 15 is 0 Å². The first-order chi connectivity index (χ1) is 29.2. The minimum absolute atomic E-state index is 0.627. The predicted octanol–water partition coefficient (Wildman–Crippen LogP) is 15.3. The van der Waals surface area contributed by atoms with Gasteiger partial charge in [-0.2, -0.15) is 5.26 Å². The highest BCUT2D eigenvalue weighted by atomic mass is 15.2. The lowest BCUT2D eigenvalue weighted by atomic mass is 10.0. The molecule has 0 bridgehead atoms. The fourth-order valence-corrected chi connectivity index (χ4v) is 7.55. The molecule has 0 radical (unpaired) electrons. The van der Waals surface area contributed by atoms with Crippen LogP contribution in [0.3, 0.4) is 0 Å². The Hall–Kier alpha value is -8.13. The second-order valence-electron chi connectivity index (χ2n) is 14.2. The zero-order valence-corrected chi connectivity index (χ0v) is 32.4. The van der Waals surface area contributed by atoms with Gasteiger partial charge in [-0.3, -0.25) is 0 Å². The van der Waals surface area contributed by atoms with Gasteiger partial charge in [0.25, 0.3) is 0 Å². The average molecular weight is 757 g/mol. The Labute approximate surface area is 346 Å². The molecular weight excluding hydrogens is 717 g/mol. The third-order valence-electron chi connectivity index (χ3n) is 10.5. The van der Waals surface area contributed by atoms with Gasteiger partial charge in [0.05, 0.1) is 11.6 Å². The van der Waals surface area contributed by atoms with Crippen molar-refractivity contribution in [3.8, 4) is 28.3 Å². The number of benzene rings is 9. The van der Waals surface area contributed by atoms with E-state index in [1.807, 2.05) is 48.5 Å². The smallest absolute Gasteiger partial charge is 0.0991 e. The van der Waals surface area contributed by atoms with Crippen LogP contribution in [0.25, 0.3) is 22.3 Å².